The summed E-state index contributed by atoms with van der Waals surface area (Å²) in [6, 6.07) is 5.30. The first-order valence-electron chi connectivity index (χ1n) is 6.29. The molecule has 3 nitrogen and oxygen atoms in total. The van der Waals surface area contributed by atoms with E-state index < -0.39 is 11.9 Å². The van der Waals surface area contributed by atoms with Crippen LogP contribution < -0.4 is 0 Å². The van der Waals surface area contributed by atoms with Crippen molar-refractivity contribution in [2.45, 2.75) is 29.4 Å². The number of halogens is 1. The molecule has 2 aliphatic carbocycles. The molecule has 0 radical (unpaired) electrons. The first kappa shape index (κ1) is 13.0. The number of ketones is 1. The quantitative estimate of drug-likeness (QED) is 0.845. The maximum atomic E-state index is 12.1. The summed E-state index contributed by atoms with van der Waals surface area (Å²) in [5.74, 6) is -1.86. The number of hydrogen-bond donors (Lipinski definition) is 1. The predicted octanol–water partition coefficient (Wildman–Crippen LogP) is 3.50. The zero-order valence-corrected chi connectivity index (χ0v) is 11.7. The van der Waals surface area contributed by atoms with Gasteiger partial charge in [-0.15, -0.1) is 11.8 Å². The van der Waals surface area contributed by atoms with Crippen molar-refractivity contribution < 1.29 is 14.7 Å². The van der Waals surface area contributed by atoms with Crippen LogP contribution in [0.4, 0.5) is 0 Å². The van der Waals surface area contributed by atoms with Gasteiger partial charge in [0.05, 0.1) is 10.9 Å². The summed E-state index contributed by atoms with van der Waals surface area (Å²) in [5.41, 5.74) is 0.527. The maximum Gasteiger partial charge on any atom is 0.307 e. The van der Waals surface area contributed by atoms with Crippen LogP contribution in [0.5, 0.6) is 0 Å². The van der Waals surface area contributed by atoms with Crippen LogP contribution in [0, 0.1) is 11.8 Å². The second kappa shape index (κ2) is 4.84. The van der Waals surface area contributed by atoms with E-state index in [9.17, 15) is 9.59 Å². The van der Waals surface area contributed by atoms with E-state index in [0.717, 1.165) is 4.90 Å². The third-order valence-corrected chi connectivity index (χ3v) is 5.32. The third kappa shape index (κ3) is 2.79. The molecule has 2 atom stereocenters. The molecule has 2 aliphatic rings. The standard InChI is InChI=1S/C14H13ClO3S/c15-11-5-7(1-4-12(11)19-8-2-3-8)13(16)9-6-10(9)14(17)18/h1,4-5,8-10H,2-3,6H2,(H,17,18)/t9-,10-/m0/s1. The zero-order valence-electron chi connectivity index (χ0n) is 10.1. The predicted molar refractivity (Wildman–Crippen MR) is 73.9 cm³/mol. The van der Waals surface area contributed by atoms with Gasteiger partial charge in [-0.1, -0.05) is 17.7 Å². The molecule has 2 fully saturated rings. The lowest BCUT2D eigenvalue weighted by atomic mass is 10.1. The van der Waals surface area contributed by atoms with Gasteiger partial charge >= 0.3 is 5.97 Å². The number of rotatable bonds is 5. The number of thioether (sulfide) groups is 1. The second-order valence-corrected chi connectivity index (χ2v) is 6.86. The number of aliphatic carboxylic acids is 1. The van der Waals surface area contributed by atoms with Gasteiger partial charge in [-0.25, -0.2) is 0 Å². The van der Waals surface area contributed by atoms with Crippen LogP contribution in [0.2, 0.25) is 5.02 Å². The van der Waals surface area contributed by atoms with Crippen molar-refractivity contribution in [2.75, 3.05) is 0 Å². The second-order valence-electron chi connectivity index (χ2n) is 5.11. The molecule has 0 spiro atoms. The Morgan fingerprint density at radius 3 is 2.53 bits per heavy atom. The Hall–Kier alpha value is -1.000. The van der Waals surface area contributed by atoms with Gasteiger partial charge in [0.25, 0.3) is 0 Å². The van der Waals surface area contributed by atoms with Crippen molar-refractivity contribution in [3.63, 3.8) is 0 Å². The molecule has 1 aromatic carbocycles. The number of hydrogen-bond acceptors (Lipinski definition) is 3. The number of benzene rings is 1. The van der Waals surface area contributed by atoms with E-state index in [0.29, 0.717) is 22.3 Å². The highest BCUT2D eigenvalue weighted by Gasteiger charge is 2.48. The molecule has 0 aromatic heterocycles. The molecule has 19 heavy (non-hydrogen) atoms. The topological polar surface area (TPSA) is 54.4 Å². The first-order chi connectivity index (χ1) is 9.06. The lowest BCUT2D eigenvalue weighted by Crippen LogP contribution is -2.08. The van der Waals surface area contributed by atoms with Gasteiger partial charge in [0, 0.05) is 21.6 Å². The first-order valence-corrected chi connectivity index (χ1v) is 7.55. The molecule has 2 saturated carbocycles. The normalized spacial score (nSPS) is 25.1. The molecule has 3 rings (SSSR count). The summed E-state index contributed by atoms with van der Waals surface area (Å²) >= 11 is 7.93. The van der Waals surface area contributed by atoms with E-state index in [-0.39, 0.29) is 11.7 Å². The average Bonchev–Trinajstić information content (AvgIpc) is 3.24. The summed E-state index contributed by atoms with van der Waals surface area (Å²) in [6.07, 6.45) is 2.90. The molecule has 5 heteroatoms. The Labute approximate surface area is 120 Å². The number of carbonyl (C=O) groups is 2. The van der Waals surface area contributed by atoms with Gasteiger partial charge in [-0.3, -0.25) is 9.59 Å². The van der Waals surface area contributed by atoms with Crippen molar-refractivity contribution in [2.24, 2.45) is 11.8 Å². The van der Waals surface area contributed by atoms with E-state index >= 15 is 0 Å². The van der Waals surface area contributed by atoms with E-state index in [4.69, 9.17) is 16.7 Å². The van der Waals surface area contributed by atoms with Gasteiger partial charge in [-0.2, -0.15) is 0 Å². The summed E-state index contributed by atoms with van der Waals surface area (Å²) in [7, 11) is 0. The molecule has 0 unspecified atom stereocenters. The third-order valence-electron chi connectivity index (χ3n) is 3.48. The summed E-state index contributed by atoms with van der Waals surface area (Å²) in [5, 5.41) is 10.1. The Morgan fingerprint density at radius 2 is 2.00 bits per heavy atom. The van der Waals surface area contributed by atoms with E-state index in [1.165, 1.54) is 12.8 Å². The van der Waals surface area contributed by atoms with Crippen molar-refractivity contribution >= 4 is 35.1 Å². The summed E-state index contributed by atoms with van der Waals surface area (Å²) < 4.78 is 0. The van der Waals surface area contributed by atoms with Crippen molar-refractivity contribution in [1.82, 2.24) is 0 Å². The minimum atomic E-state index is -0.884. The minimum absolute atomic E-state index is 0.0997. The number of Topliss-reactive ketones (excluding diaryl/α,β-unsaturated/α-hetero) is 1. The number of carboxylic acids is 1. The van der Waals surface area contributed by atoms with Crippen LogP contribution in [0.3, 0.4) is 0 Å². The van der Waals surface area contributed by atoms with Crippen LogP contribution in [0.15, 0.2) is 23.1 Å². The van der Waals surface area contributed by atoms with Crippen molar-refractivity contribution in [1.29, 1.82) is 0 Å². The van der Waals surface area contributed by atoms with Gasteiger partial charge < -0.3 is 5.11 Å². The highest BCUT2D eigenvalue weighted by atomic mass is 35.5. The highest BCUT2D eigenvalue weighted by molar-refractivity contribution is 8.00. The average molecular weight is 297 g/mol. The molecule has 0 bridgehead atoms. The van der Waals surface area contributed by atoms with E-state index in [1.807, 2.05) is 6.07 Å². The molecule has 100 valence electrons. The van der Waals surface area contributed by atoms with Gasteiger partial charge in [0.1, 0.15) is 0 Å². The lowest BCUT2D eigenvalue weighted by Gasteiger charge is -2.05. The molecule has 0 amide bonds. The Bertz CT molecular complexity index is 554. The smallest absolute Gasteiger partial charge is 0.307 e. The SMILES string of the molecule is O=C(O)[C@H]1C[C@@H]1C(=O)c1ccc(SC2CC2)c(Cl)c1. The molecule has 1 N–H and O–H groups in total. The molecule has 0 saturated heterocycles. The van der Waals surface area contributed by atoms with E-state index in [1.54, 1.807) is 23.9 Å². The highest BCUT2D eigenvalue weighted by Crippen LogP contribution is 2.44. The molecular formula is C14H13ClO3S. The van der Waals surface area contributed by atoms with Crippen molar-refractivity contribution in [3.05, 3.63) is 28.8 Å². The Kier molecular flexibility index (Phi) is 3.31. The Morgan fingerprint density at radius 1 is 1.26 bits per heavy atom. The van der Waals surface area contributed by atoms with Gasteiger partial charge in [0.2, 0.25) is 0 Å². The zero-order chi connectivity index (χ0) is 13.6. The van der Waals surface area contributed by atoms with Crippen molar-refractivity contribution in [3.8, 4) is 0 Å². The fourth-order valence-electron chi connectivity index (χ4n) is 2.09. The molecular weight excluding hydrogens is 284 g/mol. The minimum Gasteiger partial charge on any atom is -0.481 e. The molecule has 0 aliphatic heterocycles. The van der Waals surface area contributed by atoms with Crippen LogP contribution in [0.1, 0.15) is 29.6 Å². The largest absolute Gasteiger partial charge is 0.481 e. The summed E-state index contributed by atoms with van der Waals surface area (Å²) in [6.45, 7) is 0. The van der Waals surface area contributed by atoms with E-state index in [2.05, 4.69) is 0 Å². The van der Waals surface area contributed by atoms with Gasteiger partial charge in [-0.05, 0) is 31.4 Å². The maximum absolute atomic E-state index is 12.1. The fraction of sp³-hybridized carbons (Fsp3) is 0.429. The van der Waals surface area contributed by atoms with Crippen LogP contribution in [-0.2, 0) is 4.79 Å². The molecule has 1 aromatic rings. The summed E-state index contributed by atoms with van der Waals surface area (Å²) in [4.78, 5) is 23.9. The van der Waals surface area contributed by atoms with Crippen LogP contribution in [-0.4, -0.2) is 22.1 Å². The number of carboxylic acid groups (broad SMARTS) is 1. The monoisotopic (exact) mass is 296 g/mol. The fourth-order valence-corrected chi connectivity index (χ4v) is 3.45. The molecule has 0 heterocycles. The Balaban J connectivity index is 1.73. The number of carbonyl (C=O) groups excluding carboxylic acids is 1. The lowest BCUT2D eigenvalue weighted by molar-refractivity contribution is -0.138. The van der Waals surface area contributed by atoms with Gasteiger partial charge in [0.15, 0.2) is 5.78 Å². The van der Waals surface area contributed by atoms with Crippen LogP contribution >= 0.6 is 23.4 Å². The van der Waals surface area contributed by atoms with Crippen LogP contribution in [0.25, 0.3) is 0 Å².